The summed E-state index contributed by atoms with van der Waals surface area (Å²) in [6, 6.07) is 10.8. The molecule has 1 saturated carbocycles. The van der Waals surface area contributed by atoms with Crippen LogP contribution in [0.1, 0.15) is 49.7 Å². The van der Waals surface area contributed by atoms with Crippen molar-refractivity contribution in [3.8, 4) is 0 Å². The van der Waals surface area contributed by atoms with E-state index in [4.69, 9.17) is 11.6 Å². The van der Waals surface area contributed by atoms with Crippen LogP contribution in [0.4, 0.5) is 4.39 Å². The van der Waals surface area contributed by atoms with Gasteiger partial charge in [0.25, 0.3) is 5.91 Å². The fourth-order valence-corrected chi connectivity index (χ4v) is 3.90. The van der Waals surface area contributed by atoms with Gasteiger partial charge in [-0.3, -0.25) is 14.3 Å². The number of amides is 2. The summed E-state index contributed by atoms with van der Waals surface area (Å²) in [7, 11) is 0. The number of para-hydroxylation sites is 1. The van der Waals surface area contributed by atoms with Crippen molar-refractivity contribution < 1.29 is 14.0 Å². The zero-order valence-corrected chi connectivity index (χ0v) is 19.0. The molecule has 0 spiro atoms. The predicted octanol–water partition coefficient (Wildman–Crippen LogP) is 4.30. The summed E-state index contributed by atoms with van der Waals surface area (Å²) in [5.41, 5.74) is 1.13. The first-order valence-electron chi connectivity index (χ1n) is 10.6. The van der Waals surface area contributed by atoms with Gasteiger partial charge in [0.15, 0.2) is 5.69 Å². The van der Waals surface area contributed by atoms with Crippen molar-refractivity contribution in [1.29, 1.82) is 0 Å². The van der Waals surface area contributed by atoms with Gasteiger partial charge in [0.05, 0.1) is 17.1 Å². The fraction of sp³-hybridized carbons (Fsp3) is 0.375. The van der Waals surface area contributed by atoms with E-state index < -0.39 is 17.4 Å². The maximum Gasteiger partial charge on any atom is 0.273 e. The van der Waals surface area contributed by atoms with Gasteiger partial charge in [-0.25, -0.2) is 4.39 Å². The molecule has 8 heteroatoms. The van der Waals surface area contributed by atoms with E-state index in [0.717, 1.165) is 18.4 Å². The fourth-order valence-electron chi connectivity index (χ4n) is 3.63. The van der Waals surface area contributed by atoms with Crippen LogP contribution in [0, 0.1) is 11.2 Å². The molecule has 0 bridgehead atoms. The van der Waals surface area contributed by atoms with Crippen LogP contribution in [0.2, 0.25) is 5.02 Å². The molecule has 3 aromatic rings. The highest BCUT2D eigenvalue weighted by Gasteiger charge is 2.36. The summed E-state index contributed by atoms with van der Waals surface area (Å²) in [6.07, 6.45) is 1.93. The number of carbonyl (C=O) groups is 2. The molecule has 1 heterocycles. The molecular weight excluding hydrogens is 431 g/mol. The summed E-state index contributed by atoms with van der Waals surface area (Å²) < 4.78 is 14.9. The van der Waals surface area contributed by atoms with Crippen molar-refractivity contribution in [2.75, 3.05) is 0 Å². The number of hydrogen-bond donors (Lipinski definition) is 2. The normalized spacial score (nSPS) is 14.9. The minimum Gasteiger partial charge on any atom is -0.352 e. The Labute approximate surface area is 191 Å². The summed E-state index contributed by atoms with van der Waals surface area (Å²) in [4.78, 5) is 26.1. The number of halogens is 2. The Balaban J connectivity index is 1.66. The second-order valence-corrected chi connectivity index (χ2v) is 9.73. The third-order valence-corrected chi connectivity index (χ3v) is 5.81. The van der Waals surface area contributed by atoms with E-state index in [1.807, 2.05) is 20.8 Å². The first kappa shape index (κ1) is 22.3. The molecule has 0 radical (unpaired) electrons. The van der Waals surface area contributed by atoms with Gasteiger partial charge < -0.3 is 10.6 Å². The average molecular weight is 457 g/mol. The molecule has 0 saturated heterocycles. The summed E-state index contributed by atoms with van der Waals surface area (Å²) in [5, 5.41) is 11.4. The average Bonchev–Trinajstić information content (AvgIpc) is 3.46. The van der Waals surface area contributed by atoms with Crippen LogP contribution in [0.15, 0.2) is 42.5 Å². The molecule has 1 aliphatic carbocycles. The molecular formula is C24H26ClFN4O2. The van der Waals surface area contributed by atoms with E-state index in [1.165, 1.54) is 12.1 Å². The van der Waals surface area contributed by atoms with Gasteiger partial charge in [-0.1, -0.05) is 56.6 Å². The first-order valence-corrected chi connectivity index (χ1v) is 11.0. The predicted molar refractivity (Wildman–Crippen MR) is 122 cm³/mol. The smallest absolute Gasteiger partial charge is 0.273 e. The Morgan fingerprint density at radius 1 is 1.19 bits per heavy atom. The largest absolute Gasteiger partial charge is 0.352 e. The first-order chi connectivity index (χ1) is 15.1. The van der Waals surface area contributed by atoms with E-state index in [2.05, 4.69) is 15.7 Å². The number of aromatic nitrogens is 2. The number of fused-ring (bicyclic) bond motifs is 1. The second-order valence-electron chi connectivity index (χ2n) is 9.32. The van der Waals surface area contributed by atoms with Crippen molar-refractivity contribution in [2.24, 2.45) is 5.41 Å². The number of rotatable bonds is 6. The highest BCUT2D eigenvalue weighted by atomic mass is 35.5. The molecule has 1 unspecified atom stereocenters. The Kier molecular flexibility index (Phi) is 5.95. The van der Waals surface area contributed by atoms with E-state index in [1.54, 1.807) is 35.0 Å². The summed E-state index contributed by atoms with van der Waals surface area (Å²) >= 11 is 6.45. The maximum absolute atomic E-state index is 13.3. The summed E-state index contributed by atoms with van der Waals surface area (Å²) in [5.74, 6) is -0.961. The molecule has 1 aromatic heterocycles. The van der Waals surface area contributed by atoms with Crippen LogP contribution in [-0.4, -0.2) is 33.7 Å². The SMILES string of the molecule is CC(C)(C)C(NC(=O)c1nn(Cc2ccc(F)cc2)c2c(Cl)cccc12)C(=O)NC1CC1. The Hall–Kier alpha value is -2.93. The second kappa shape index (κ2) is 8.54. The standard InChI is InChI=1S/C24H26ClFN4O2/c1-24(2,3)21(23(32)27-16-11-12-16)28-22(31)19-17-5-4-6-18(25)20(17)30(29-19)13-14-7-9-15(26)10-8-14/h4-10,16,21H,11-13H2,1-3H3,(H,27,32)(H,28,31). The van der Waals surface area contributed by atoms with Gasteiger partial charge in [-0.2, -0.15) is 5.10 Å². The highest BCUT2D eigenvalue weighted by Crippen LogP contribution is 2.28. The molecule has 4 rings (SSSR count). The lowest BCUT2D eigenvalue weighted by molar-refractivity contribution is -0.125. The molecule has 1 aliphatic rings. The van der Waals surface area contributed by atoms with E-state index in [-0.39, 0.29) is 23.5 Å². The molecule has 32 heavy (non-hydrogen) atoms. The van der Waals surface area contributed by atoms with Crippen LogP contribution in [-0.2, 0) is 11.3 Å². The van der Waals surface area contributed by atoms with Crippen molar-refractivity contribution in [3.05, 3.63) is 64.6 Å². The topological polar surface area (TPSA) is 76.0 Å². The summed E-state index contributed by atoms with van der Waals surface area (Å²) in [6.45, 7) is 6.05. The minimum absolute atomic E-state index is 0.193. The molecule has 2 amide bonds. The van der Waals surface area contributed by atoms with Gasteiger partial charge in [0.1, 0.15) is 11.9 Å². The van der Waals surface area contributed by atoms with Crippen molar-refractivity contribution in [1.82, 2.24) is 20.4 Å². The van der Waals surface area contributed by atoms with Crippen LogP contribution in [0.5, 0.6) is 0 Å². The van der Waals surface area contributed by atoms with Crippen molar-refractivity contribution in [3.63, 3.8) is 0 Å². The maximum atomic E-state index is 13.3. The molecule has 2 N–H and O–H groups in total. The number of carbonyl (C=O) groups excluding carboxylic acids is 2. The zero-order chi connectivity index (χ0) is 23.0. The van der Waals surface area contributed by atoms with Crippen LogP contribution in [0.25, 0.3) is 10.9 Å². The van der Waals surface area contributed by atoms with Crippen LogP contribution >= 0.6 is 11.6 Å². The zero-order valence-electron chi connectivity index (χ0n) is 18.3. The number of nitrogens with zero attached hydrogens (tertiary/aromatic N) is 2. The lowest BCUT2D eigenvalue weighted by Crippen LogP contribution is -2.54. The van der Waals surface area contributed by atoms with E-state index in [9.17, 15) is 14.0 Å². The Morgan fingerprint density at radius 3 is 2.50 bits per heavy atom. The molecule has 2 aromatic carbocycles. The van der Waals surface area contributed by atoms with Crippen LogP contribution in [0.3, 0.4) is 0 Å². The van der Waals surface area contributed by atoms with Crippen molar-refractivity contribution >= 4 is 34.3 Å². The van der Waals surface area contributed by atoms with E-state index in [0.29, 0.717) is 22.5 Å². The third kappa shape index (κ3) is 4.78. The van der Waals surface area contributed by atoms with E-state index >= 15 is 0 Å². The monoisotopic (exact) mass is 456 g/mol. The molecule has 0 aliphatic heterocycles. The van der Waals surface area contributed by atoms with Gasteiger partial charge in [0, 0.05) is 11.4 Å². The lowest BCUT2D eigenvalue weighted by atomic mass is 9.86. The minimum atomic E-state index is -0.716. The molecule has 6 nitrogen and oxygen atoms in total. The van der Waals surface area contributed by atoms with Gasteiger partial charge in [0.2, 0.25) is 5.91 Å². The van der Waals surface area contributed by atoms with Gasteiger partial charge >= 0.3 is 0 Å². The Morgan fingerprint density at radius 2 is 1.88 bits per heavy atom. The van der Waals surface area contributed by atoms with Crippen LogP contribution < -0.4 is 10.6 Å². The Bertz CT molecular complexity index is 1160. The lowest BCUT2D eigenvalue weighted by Gasteiger charge is -2.30. The molecule has 168 valence electrons. The number of hydrogen-bond acceptors (Lipinski definition) is 3. The number of nitrogens with one attached hydrogen (secondary N) is 2. The van der Waals surface area contributed by atoms with Crippen molar-refractivity contribution in [2.45, 2.75) is 52.2 Å². The van der Waals surface area contributed by atoms with Gasteiger partial charge in [-0.15, -0.1) is 0 Å². The molecule has 1 fully saturated rings. The molecule has 1 atom stereocenters. The quantitative estimate of drug-likeness (QED) is 0.580. The third-order valence-electron chi connectivity index (χ3n) is 5.51. The highest BCUT2D eigenvalue weighted by molar-refractivity contribution is 6.35. The van der Waals surface area contributed by atoms with Gasteiger partial charge in [-0.05, 0) is 42.0 Å². The number of benzene rings is 2.